The van der Waals surface area contributed by atoms with Gasteiger partial charge >= 0.3 is 0 Å². The summed E-state index contributed by atoms with van der Waals surface area (Å²) in [6.07, 6.45) is 0.688. The van der Waals surface area contributed by atoms with Crippen LogP contribution in [0, 0.1) is 12.7 Å². The molecule has 0 radical (unpaired) electrons. The minimum Gasteiger partial charge on any atom is -0.339 e. The number of benzene rings is 2. The second kappa shape index (κ2) is 6.72. The molecule has 0 aliphatic heterocycles. The van der Waals surface area contributed by atoms with Crippen LogP contribution in [0.3, 0.4) is 0 Å². The first-order valence-corrected chi connectivity index (χ1v) is 7.39. The first-order chi connectivity index (χ1) is 10.0. The lowest BCUT2D eigenvalue weighted by atomic mass is 10.1. The van der Waals surface area contributed by atoms with E-state index in [1.807, 2.05) is 56.0 Å². The summed E-state index contributed by atoms with van der Waals surface area (Å²) < 4.78 is 14.4. The van der Waals surface area contributed by atoms with Gasteiger partial charge < -0.3 is 10.6 Å². The number of halogens is 1. The summed E-state index contributed by atoms with van der Waals surface area (Å²) in [7, 11) is 0. The van der Waals surface area contributed by atoms with Gasteiger partial charge in [0.1, 0.15) is 5.82 Å². The maximum Gasteiger partial charge on any atom is 0.147 e. The highest BCUT2D eigenvalue weighted by atomic mass is 19.1. The van der Waals surface area contributed by atoms with Gasteiger partial charge in [-0.15, -0.1) is 0 Å². The molecule has 0 saturated carbocycles. The normalized spacial score (nSPS) is 12.2. The molecule has 0 aromatic heterocycles. The highest BCUT2D eigenvalue weighted by Gasteiger charge is 2.13. The van der Waals surface area contributed by atoms with Crippen LogP contribution in [0.4, 0.5) is 15.8 Å². The van der Waals surface area contributed by atoms with E-state index in [0.717, 1.165) is 11.3 Å². The molecule has 2 rings (SSSR count). The molecule has 112 valence electrons. The number of hydrogen-bond acceptors (Lipinski definition) is 2. The Bertz CT molecular complexity index is 608. The average Bonchev–Trinajstić information content (AvgIpc) is 2.41. The van der Waals surface area contributed by atoms with Gasteiger partial charge in [-0.25, -0.2) is 4.39 Å². The van der Waals surface area contributed by atoms with Crippen LogP contribution >= 0.6 is 0 Å². The summed E-state index contributed by atoms with van der Waals surface area (Å²) in [4.78, 5) is 1.98. The Morgan fingerprint density at radius 1 is 1.19 bits per heavy atom. The Morgan fingerprint density at radius 2 is 1.95 bits per heavy atom. The van der Waals surface area contributed by atoms with Gasteiger partial charge in [-0.05, 0) is 62.6 Å². The molecule has 3 heteroatoms. The molecule has 0 bridgehead atoms. The van der Waals surface area contributed by atoms with Gasteiger partial charge in [0.25, 0.3) is 0 Å². The standard InChI is InChI=1S/C18H23FN2/c1-4-21(16-7-5-6-13(2)10-16)18-9-8-15(11-14(3)20)12-17(18)19/h5-10,12,14H,4,11,20H2,1-3H3. The van der Waals surface area contributed by atoms with Gasteiger partial charge in [-0.3, -0.25) is 0 Å². The predicted octanol–water partition coefficient (Wildman–Crippen LogP) is 4.18. The third-order valence-electron chi connectivity index (χ3n) is 3.49. The summed E-state index contributed by atoms with van der Waals surface area (Å²) in [5.74, 6) is -0.198. The summed E-state index contributed by atoms with van der Waals surface area (Å²) >= 11 is 0. The van der Waals surface area contributed by atoms with E-state index in [1.165, 1.54) is 5.56 Å². The van der Waals surface area contributed by atoms with Crippen molar-refractivity contribution < 1.29 is 4.39 Å². The third kappa shape index (κ3) is 3.82. The molecule has 0 aliphatic carbocycles. The SMILES string of the molecule is CCN(c1cccc(C)c1)c1ccc(CC(C)N)cc1F. The average molecular weight is 286 g/mol. The van der Waals surface area contributed by atoms with Crippen molar-refractivity contribution in [1.82, 2.24) is 0 Å². The number of hydrogen-bond donors (Lipinski definition) is 1. The van der Waals surface area contributed by atoms with Gasteiger partial charge in [0.2, 0.25) is 0 Å². The molecular formula is C18H23FN2. The molecular weight excluding hydrogens is 263 g/mol. The molecule has 0 saturated heterocycles. The van der Waals surface area contributed by atoms with Crippen LogP contribution in [0.15, 0.2) is 42.5 Å². The quantitative estimate of drug-likeness (QED) is 0.893. The number of rotatable bonds is 5. The lowest BCUT2D eigenvalue weighted by molar-refractivity contribution is 0.620. The van der Waals surface area contributed by atoms with E-state index < -0.39 is 0 Å². The maximum atomic E-state index is 14.4. The molecule has 2 aromatic carbocycles. The lowest BCUT2D eigenvalue weighted by Gasteiger charge is -2.24. The van der Waals surface area contributed by atoms with E-state index in [0.29, 0.717) is 18.7 Å². The third-order valence-corrected chi connectivity index (χ3v) is 3.49. The number of nitrogens with zero attached hydrogens (tertiary/aromatic N) is 1. The zero-order valence-corrected chi connectivity index (χ0v) is 12.9. The van der Waals surface area contributed by atoms with Crippen LogP contribution < -0.4 is 10.6 Å². The van der Waals surface area contributed by atoms with Crippen molar-refractivity contribution in [2.75, 3.05) is 11.4 Å². The fourth-order valence-electron chi connectivity index (χ4n) is 2.56. The Kier molecular flexibility index (Phi) is 4.97. The zero-order chi connectivity index (χ0) is 15.4. The monoisotopic (exact) mass is 286 g/mol. The molecule has 0 fully saturated rings. The number of aryl methyl sites for hydroxylation is 1. The molecule has 21 heavy (non-hydrogen) atoms. The summed E-state index contributed by atoms with van der Waals surface area (Å²) in [5, 5.41) is 0. The Hall–Kier alpha value is -1.87. The molecule has 0 spiro atoms. The van der Waals surface area contributed by atoms with Crippen molar-refractivity contribution in [2.45, 2.75) is 33.2 Å². The van der Waals surface area contributed by atoms with E-state index >= 15 is 0 Å². The Labute approximate surface area is 126 Å². The lowest BCUT2D eigenvalue weighted by Crippen LogP contribution is -2.19. The minimum absolute atomic E-state index is 0.0364. The van der Waals surface area contributed by atoms with Gasteiger partial charge in [0, 0.05) is 18.3 Å². The smallest absolute Gasteiger partial charge is 0.147 e. The second-order valence-corrected chi connectivity index (χ2v) is 5.55. The molecule has 0 aliphatic rings. The maximum absolute atomic E-state index is 14.4. The molecule has 2 nitrogen and oxygen atoms in total. The van der Waals surface area contributed by atoms with E-state index in [2.05, 4.69) is 6.07 Å². The fraction of sp³-hybridized carbons (Fsp3) is 0.333. The Balaban J connectivity index is 2.34. The van der Waals surface area contributed by atoms with Gasteiger partial charge in [-0.2, -0.15) is 0 Å². The molecule has 0 amide bonds. The van der Waals surface area contributed by atoms with E-state index in [4.69, 9.17) is 5.73 Å². The molecule has 2 aromatic rings. The molecule has 0 heterocycles. The van der Waals surface area contributed by atoms with E-state index in [1.54, 1.807) is 6.07 Å². The van der Waals surface area contributed by atoms with Crippen molar-refractivity contribution in [3.63, 3.8) is 0 Å². The van der Waals surface area contributed by atoms with E-state index in [9.17, 15) is 4.39 Å². The highest BCUT2D eigenvalue weighted by Crippen LogP contribution is 2.29. The van der Waals surface area contributed by atoms with Crippen molar-refractivity contribution in [3.05, 3.63) is 59.4 Å². The van der Waals surface area contributed by atoms with Crippen LogP contribution in [-0.4, -0.2) is 12.6 Å². The minimum atomic E-state index is -0.198. The van der Waals surface area contributed by atoms with Gasteiger partial charge in [0.15, 0.2) is 0 Å². The largest absolute Gasteiger partial charge is 0.339 e. The predicted molar refractivity (Wildman–Crippen MR) is 87.6 cm³/mol. The van der Waals surface area contributed by atoms with Crippen molar-refractivity contribution in [2.24, 2.45) is 5.73 Å². The summed E-state index contributed by atoms with van der Waals surface area (Å²) in [6, 6.07) is 13.5. The molecule has 2 N–H and O–H groups in total. The first-order valence-electron chi connectivity index (χ1n) is 7.39. The fourth-order valence-corrected chi connectivity index (χ4v) is 2.56. The van der Waals surface area contributed by atoms with Crippen LogP contribution in [0.2, 0.25) is 0 Å². The van der Waals surface area contributed by atoms with Gasteiger partial charge in [-0.1, -0.05) is 18.2 Å². The second-order valence-electron chi connectivity index (χ2n) is 5.55. The number of anilines is 2. The van der Waals surface area contributed by atoms with E-state index in [-0.39, 0.29) is 11.9 Å². The zero-order valence-electron chi connectivity index (χ0n) is 12.9. The Morgan fingerprint density at radius 3 is 2.52 bits per heavy atom. The summed E-state index contributed by atoms with van der Waals surface area (Å²) in [5.41, 5.74) is 9.49. The van der Waals surface area contributed by atoms with Crippen molar-refractivity contribution in [1.29, 1.82) is 0 Å². The van der Waals surface area contributed by atoms with Crippen LogP contribution in [-0.2, 0) is 6.42 Å². The van der Waals surface area contributed by atoms with Crippen LogP contribution in [0.1, 0.15) is 25.0 Å². The molecule has 1 atom stereocenters. The van der Waals surface area contributed by atoms with Gasteiger partial charge in [0.05, 0.1) is 5.69 Å². The number of nitrogens with two attached hydrogens (primary N) is 1. The topological polar surface area (TPSA) is 29.3 Å². The molecule has 1 unspecified atom stereocenters. The van der Waals surface area contributed by atoms with Crippen LogP contribution in [0.25, 0.3) is 0 Å². The first kappa shape index (κ1) is 15.5. The van der Waals surface area contributed by atoms with Crippen molar-refractivity contribution in [3.8, 4) is 0 Å². The van der Waals surface area contributed by atoms with Crippen LogP contribution in [0.5, 0.6) is 0 Å². The summed E-state index contributed by atoms with van der Waals surface area (Å²) in [6.45, 7) is 6.71. The van der Waals surface area contributed by atoms with Crippen molar-refractivity contribution >= 4 is 11.4 Å². The highest BCUT2D eigenvalue weighted by molar-refractivity contribution is 5.64.